The highest BCUT2D eigenvalue weighted by Gasteiger charge is 2.54. The zero-order valence-corrected chi connectivity index (χ0v) is 27.8. The molecule has 0 spiro atoms. The zero-order chi connectivity index (χ0) is 36.4. The number of phenols is 1. The van der Waals surface area contributed by atoms with Crippen LogP contribution in [0.2, 0.25) is 0 Å². The molecule has 0 aliphatic heterocycles. The Bertz CT molecular complexity index is 2410. The molecule has 0 amide bonds. The molecule has 0 saturated heterocycles. The summed E-state index contributed by atoms with van der Waals surface area (Å²) < 4.78 is 70.3. The third kappa shape index (κ3) is 7.26. The summed E-state index contributed by atoms with van der Waals surface area (Å²) in [5.41, 5.74) is 10.6. The van der Waals surface area contributed by atoms with Gasteiger partial charge in [-0.3, -0.25) is 19.3 Å². The van der Waals surface area contributed by atoms with Gasteiger partial charge >= 0.3 is 10.1 Å². The molecule has 4 aromatic carbocycles. The van der Waals surface area contributed by atoms with Crippen LogP contribution in [0, 0.1) is 0 Å². The highest BCUT2D eigenvalue weighted by molar-refractivity contribution is 7.88. The summed E-state index contributed by atoms with van der Waals surface area (Å²) in [6.45, 7) is 0. The number of rotatable bonds is 9. The van der Waals surface area contributed by atoms with Crippen molar-refractivity contribution in [1.82, 2.24) is 0 Å². The summed E-state index contributed by atoms with van der Waals surface area (Å²) in [5, 5.41) is 27.5. The van der Waals surface area contributed by atoms with Gasteiger partial charge in [-0.15, -0.1) is 5.11 Å². The smallest absolute Gasteiger partial charge is 0.304 e. The van der Waals surface area contributed by atoms with E-state index in [1.165, 1.54) is 24.3 Å². The number of allylic oxidation sites excluding steroid dienone is 3. The van der Waals surface area contributed by atoms with E-state index in [1.54, 1.807) is 66.7 Å². The second kappa shape index (κ2) is 13.6. The van der Waals surface area contributed by atoms with Crippen molar-refractivity contribution in [2.24, 2.45) is 31.3 Å². The SMILES string of the molecule is NC1=C2C(=O)C(N=Nc3ccccc3)(S(=O)(=O)O)C=CC2=CC(S(=O)(=O)O)/C1=N\Nc1ccc(-c2ccc(N=Nc3ccc(O)cc3)cc2)cc1. The number of aromatic hydroxyl groups is 1. The number of hydrazone groups is 1. The minimum atomic E-state index is -5.30. The fraction of sp³-hybridized carbons (Fsp3) is 0.0588. The summed E-state index contributed by atoms with van der Waals surface area (Å²) in [6.07, 6.45) is 2.79. The van der Waals surface area contributed by atoms with Gasteiger partial charge in [0.05, 0.1) is 34.0 Å². The van der Waals surface area contributed by atoms with Gasteiger partial charge in [0.15, 0.2) is 5.25 Å². The van der Waals surface area contributed by atoms with E-state index in [0.29, 0.717) is 17.1 Å². The summed E-state index contributed by atoms with van der Waals surface area (Å²) in [7, 11) is -10.2. The fourth-order valence-corrected chi connectivity index (χ4v) is 6.64. The topological polar surface area (TPSA) is 246 Å². The molecule has 0 fully saturated rings. The Hall–Kier alpha value is -6.14. The normalized spacial score (nSPS) is 20.2. The van der Waals surface area contributed by atoms with Crippen LogP contribution in [-0.4, -0.2) is 52.7 Å². The predicted molar refractivity (Wildman–Crippen MR) is 189 cm³/mol. The van der Waals surface area contributed by atoms with Crippen molar-refractivity contribution in [1.29, 1.82) is 0 Å². The van der Waals surface area contributed by atoms with Crippen LogP contribution < -0.4 is 11.2 Å². The van der Waals surface area contributed by atoms with Crippen molar-refractivity contribution in [2.45, 2.75) is 10.1 Å². The van der Waals surface area contributed by atoms with Gasteiger partial charge < -0.3 is 10.8 Å². The second-order valence-corrected chi connectivity index (χ2v) is 14.3. The number of nitrogens with one attached hydrogen (secondary N) is 1. The number of anilines is 1. The molecule has 17 heteroatoms. The van der Waals surface area contributed by atoms with E-state index in [2.05, 4.69) is 31.0 Å². The van der Waals surface area contributed by atoms with Crippen LogP contribution in [0.3, 0.4) is 0 Å². The van der Waals surface area contributed by atoms with Crippen molar-refractivity contribution in [3.05, 3.63) is 138 Å². The molecule has 258 valence electrons. The van der Waals surface area contributed by atoms with E-state index in [-0.39, 0.29) is 17.0 Å². The lowest BCUT2D eigenvalue weighted by atomic mass is 9.84. The summed E-state index contributed by atoms with van der Waals surface area (Å²) in [5.74, 6) is -1.18. The Morgan fingerprint density at radius 2 is 1.27 bits per heavy atom. The van der Waals surface area contributed by atoms with Gasteiger partial charge in [-0.2, -0.15) is 37.3 Å². The van der Waals surface area contributed by atoms with Crippen molar-refractivity contribution in [3.63, 3.8) is 0 Å². The maximum atomic E-state index is 13.8. The first-order valence-corrected chi connectivity index (χ1v) is 17.8. The van der Waals surface area contributed by atoms with E-state index < -0.39 is 53.1 Å². The van der Waals surface area contributed by atoms with Crippen molar-refractivity contribution in [3.8, 4) is 16.9 Å². The van der Waals surface area contributed by atoms with Crippen LogP contribution in [0.25, 0.3) is 11.1 Å². The molecular weight excluding hydrogens is 699 g/mol. The Kier molecular flexibility index (Phi) is 9.28. The molecule has 15 nitrogen and oxygen atoms in total. The van der Waals surface area contributed by atoms with Gasteiger partial charge in [-0.25, -0.2) is 0 Å². The third-order valence-corrected chi connectivity index (χ3v) is 9.97. The number of benzene rings is 4. The lowest BCUT2D eigenvalue weighted by Crippen LogP contribution is -2.48. The highest BCUT2D eigenvalue weighted by Crippen LogP contribution is 2.39. The first-order valence-electron chi connectivity index (χ1n) is 14.9. The van der Waals surface area contributed by atoms with Gasteiger partial charge in [-0.05, 0) is 89.5 Å². The largest absolute Gasteiger partial charge is 0.508 e. The molecule has 0 radical (unpaired) electrons. The number of hydrogen-bond donors (Lipinski definition) is 5. The average molecular weight is 726 g/mol. The van der Waals surface area contributed by atoms with Crippen LogP contribution in [0.15, 0.2) is 164 Å². The van der Waals surface area contributed by atoms with Crippen molar-refractivity contribution in [2.75, 3.05) is 5.43 Å². The number of fused-ring (bicyclic) bond motifs is 1. The van der Waals surface area contributed by atoms with Crippen LogP contribution in [0.1, 0.15) is 0 Å². The van der Waals surface area contributed by atoms with Gasteiger partial charge in [-0.1, -0.05) is 48.5 Å². The van der Waals surface area contributed by atoms with E-state index in [9.17, 15) is 35.8 Å². The molecule has 2 unspecified atom stereocenters. The molecule has 0 saturated carbocycles. The number of carbonyl (C=O) groups is 1. The van der Waals surface area contributed by atoms with Crippen molar-refractivity contribution >= 4 is 54.5 Å². The summed E-state index contributed by atoms with van der Waals surface area (Å²) in [4.78, 5) is 10.9. The lowest BCUT2D eigenvalue weighted by Gasteiger charge is -2.30. The summed E-state index contributed by atoms with van der Waals surface area (Å²) in [6, 6.07) is 28.1. The van der Waals surface area contributed by atoms with Gasteiger partial charge in [0.25, 0.3) is 15.0 Å². The molecule has 6 rings (SSSR count). The Balaban J connectivity index is 1.27. The van der Waals surface area contributed by atoms with E-state index >= 15 is 0 Å². The highest BCUT2D eigenvalue weighted by atomic mass is 32.2. The number of azo groups is 2. The summed E-state index contributed by atoms with van der Waals surface area (Å²) >= 11 is 0. The van der Waals surface area contributed by atoms with E-state index in [0.717, 1.165) is 29.4 Å². The van der Waals surface area contributed by atoms with Gasteiger partial charge in [0, 0.05) is 0 Å². The van der Waals surface area contributed by atoms with Crippen LogP contribution in [0.5, 0.6) is 5.75 Å². The zero-order valence-electron chi connectivity index (χ0n) is 26.1. The monoisotopic (exact) mass is 725 g/mol. The van der Waals surface area contributed by atoms with E-state index in [1.807, 2.05) is 12.1 Å². The molecule has 0 heterocycles. The molecule has 2 atom stereocenters. The minimum Gasteiger partial charge on any atom is -0.508 e. The molecular formula is C34H27N7O8S2. The minimum absolute atomic E-state index is 0.127. The standard InChI is InChI=1S/C34H27N7O8S2/c35-31-30-23(18-19-34(33(30)43,51(47,48)49)41-39-24-4-2-1-3-5-24)20-29(50(44,45)46)32(31)40-38-26-12-8-22(9-13-26)21-6-10-25(11-7-21)36-37-27-14-16-28(42)17-15-27/h1-20,29,38,42H,35H2,(H,44,45,46)(H,47,48,49)/b37-36?,40-32+,41-39?. The fourth-order valence-electron chi connectivity index (χ4n) is 5.14. The molecule has 6 N–H and O–H groups in total. The lowest BCUT2D eigenvalue weighted by molar-refractivity contribution is -0.116. The third-order valence-electron chi connectivity index (χ3n) is 7.78. The molecule has 2 aliphatic carbocycles. The molecule has 51 heavy (non-hydrogen) atoms. The molecule has 0 bridgehead atoms. The quantitative estimate of drug-likeness (QED) is 0.0747. The average Bonchev–Trinajstić information content (AvgIpc) is 3.10. The van der Waals surface area contributed by atoms with Crippen LogP contribution >= 0.6 is 0 Å². The van der Waals surface area contributed by atoms with Crippen LogP contribution in [0.4, 0.5) is 22.7 Å². The Morgan fingerprint density at radius 1 is 0.725 bits per heavy atom. The van der Waals surface area contributed by atoms with Crippen LogP contribution in [-0.2, 0) is 25.0 Å². The number of hydrogen-bond acceptors (Lipinski definition) is 13. The van der Waals surface area contributed by atoms with Gasteiger partial charge in [0.2, 0.25) is 5.78 Å². The maximum absolute atomic E-state index is 13.8. The molecule has 4 aromatic rings. The number of Topliss-reactive ketones (excluding diaryl/α,β-unsaturated/α-hetero) is 1. The number of ketones is 1. The van der Waals surface area contributed by atoms with Gasteiger partial charge in [0.1, 0.15) is 11.5 Å². The maximum Gasteiger partial charge on any atom is 0.304 e. The van der Waals surface area contributed by atoms with E-state index in [4.69, 9.17) is 5.73 Å². The number of phenolic OH excluding ortho intramolecular Hbond substituents is 1. The number of nitrogens with two attached hydrogens (primary N) is 1. The Morgan fingerprint density at radius 3 is 1.84 bits per heavy atom. The molecule has 0 aromatic heterocycles. The van der Waals surface area contributed by atoms with Crippen molar-refractivity contribution < 1.29 is 35.8 Å². The first-order chi connectivity index (χ1) is 24.2. The number of carbonyl (C=O) groups excluding carboxylic acids is 1. The molecule has 2 aliphatic rings. The Labute approximate surface area is 291 Å². The first kappa shape index (κ1) is 34.7. The predicted octanol–water partition coefficient (Wildman–Crippen LogP) is 6.16. The number of nitrogens with zero attached hydrogens (tertiary/aromatic N) is 5. The second-order valence-electron chi connectivity index (χ2n) is 11.2.